The van der Waals surface area contributed by atoms with Crippen LogP contribution < -0.4 is 0 Å². The Kier molecular flexibility index (Phi) is 8.41. The van der Waals surface area contributed by atoms with Crippen molar-refractivity contribution in [2.75, 3.05) is 12.3 Å². The van der Waals surface area contributed by atoms with E-state index in [4.69, 9.17) is 4.74 Å². The third-order valence-corrected chi connectivity index (χ3v) is 10.1. The first-order valence-corrected chi connectivity index (χ1v) is 15.5. The van der Waals surface area contributed by atoms with Crippen LogP contribution in [-0.4, -0.2) is 41.7 Å². The van der Waals surface area contributed by atoms with Crippen LogP contribution in [0, 0.1) is 26.7 Å². The Morgan fingerprint density at radius 1 is 1.03 bits per heavy atom. The summed E-state index contributed by atoms with van der Waals surface area (Å²) < 4.78 is 34.8. The SMILES string of the molecule is Cc1ccc(-c2c(C)c3c(c(C)c2C(OC(C)(C)C)C(=O)O)CN(S(=O)(=O)CC2CCCCC2)CC3)cc1. The Hall–Kier alpha value is -2.22. The van der Waals surface area contributed by atoms with E-state index in [-0.39, 0.29) is 18.2 Å². The molecule has 4 rings (SSSR count). The van der Waals surface area contributed by atoms with Gasteiger partial charge < -0.3 is 9.84 Å². The molecular formula is C31H43NO5S. The number of rotatable bonds is 7. The van der Waals surface area contributed by atoms with Gasteiger partial charge >= 0.3 is 5.97 Å². The number of hydrogen-bond acceptors (Lipinski definition) is 4. The molecule has 1 heterocycles. The number of nitrogens with zero attached hydrogens (tertiary/aromatic N) is 1. The van der Waals surface area contributed by atoms with Gasteiger partial charge in [0.05, 0.1) is 11.4 Å². The van der Waals surface area contributed by atoms with E-state index < -0.39 is 27.7 Å². The zero-order valence-electron chi connectivity index (χ0n) is 23.8. The van der Waals surface area contributed by atoms with Gasteiger partial charge in [0.1, 0.15) is 0 Å². The molecule has 0 saturated heterocycles. The highest BCUT2D eigenvalue weighted by molar-refractivity contribution is 7.89. The molecule has 0 aromatic heterocycles. The smallest absolute Gasteiger partial charge is 0.337 e. The lowest BCUT2D eigenvalue weighted by atomic mass is 9.80. The summed E-state index contributed by atoms with van der Waals surface area (Å²) in [7, 11) is -3.41. The third kappa shape index (κ3) is 6.16. The van der Waals surface area contributed by atoms with E-state index in [9.17, 15) is 18.3 Å². The number of aliphatic carboxylic acids is 1. The van der Waals surface area contributed by atoms with Crippen molar-refractivity contribution in [2.45, 2.75) is 98.3 Å². The largest absolute Gasteiger partial charge is 0.479 e. The van der Waals surface area contributed by atoms with Crippen molar-refractivity contribution in [3.63, 3.8) is 0 Å². The van der Waals surface area contributed by atoms with Crippen LogP contribution >= 0.6 is 0 Å². The quantitative estimate of drug-likeness (QED) is 0.433. The number of carboxylic acids is 1. The number of hydrogen-bond donors (Lipinski definition) is 1. The van der Waals surface area contributed by atoms with Gasteiger partial charge in [-0.3, -0.25) is 0 Å². The predicted octanol–water partition coefficient (Wildman–Crippen LogP) is 6.49. The average Bonchev–Trinajstić information content (AvgIpc) is 2.85. The van der Waals surface area contributed by atoms with Gasteiger partial charge in [-0.15, -0.1) is 0 Å². The second-order valence-electron chi connectivity index (χ2n) is 12.2. The summed E-state index contributed by atoms with van der Waals surface area (Å²) >= 11 is 0. The van der Waals surface area contributed by atoms with Gasteiger partial charge in [-0.2, -0.15) is 4.31 Å². The molecule has 2 aliphatic rings. The first-order chi connectivity index (χ1) is 17.8. The van der Waals surface area contributed by atoms with Crippen molar-refractivity contribution in [3.05, 3.63) is 57.6 Å². The highest BCUT2D eigenvalue weighted by Crippen LogP contribution is 2.43. The number of benzene rings is 2. The number of ether oxygens (including phenoxy) is 1. The van der Waals surface area contributed by atoms with Crippen molar-refractivity contribution in [1.82, 2.24) is 4.31 Å². The van der Waals surface area contributed by atoms with Gasteiger partial charge in [0, 0.05) is 18.7 Å². The summed E-state index contributed by atoms with van der Waals surface area (Å²) in [6.07, 6.45) is 4.81. The normalized spacial score (nSPS) is 18.3. The fourth-order valence-corrected chi connectivity index (χ4v) is 8.04. The van der Waals surface area contributed by atoms with Gasteiger partial charge in [-0.1, -0.05) is 49.1 Å². The van der Waals surface area contributed by atoms with Gasteiger partial charge in [-0.05, 0) is 100 Å². The summed E-state index contributed by atoms with van der Waals surface area (Å²) in [5.41, 5.74) is 6.79. The maximum Gasteiger partial charge on any atom is 0.337 e. The Bertz CT molecular complexity index is 1290. The first-order valence-electron chi connectivity index (χ1n) is 13.9. The Morgan fingerprint density at radius 3 is 2.24 bits per heavy atom. The molecule has 1 unspecified atom stereocenters. The number of carbonyl (C=O) groups is 1. The van der Waals surface area contributed by atoms with Crippen LogP contribution in [0.5, 0.6) is 0 Å². The van der Waals surface area contributed by atoms with E-state index in [0.29, 0.717) is 18.5 Å². The molecule has 1 N–H and O–H groups in total. The minimum absolute atomic E-state index is 0.208. The highest BCUT2D eigenvalue weighted by atomic mass is 32.2. The lowest BCUT2D eigenvalue weighted by Crippen LogP contribution is -2.40. The zero-order valence-corrected chi connectivity index (χ0v) is 24.6. The zero-order chi connectivity index (χ0) is 27.8. The van der Waals surface area contributed by atoms with Crippen molar-refractivity contribution < 1.29 is 23.1 Å². The molecule has 208 valence electrons. The maximum absolute atomic E-state index is 13.5. The number of sulfonamides is 1. The molecule has 1 atom stereocenters. The van der Waals surface area contributed by atoms with Crippen molar-refractivity contribution in [3.8, 4) is 11.1 Å². The molecule has 2 aromatic carbocycles. The summed E-state index contributed by atoms with van der Waals surface area (Å²) in [6.45, 7) is 12.3. The maximum atomic E-state index is 13.5. The molecule has 7 heteroatoms. The lowest BCUT2D eigenvalue weighted by molar-refractivity contribution is -0.160. The Morgan fingerprint density at radius 2 is 1.66 bits per heavy atom. The number of carboxylic acid groups (broad SMARTS) is 1. The molecule has 2 aromatic rings. The summed E-state index contributed by atoms with van der Waals surface area (Å²) in [6, 6.07) is 8.14. The number of fused-ring (bicyclic) bond motifs is 1. The molecule has 38 heavy (non-hydrogen) atoms. The van der Waals surface area contributed by atoms with Crippen molar-refractivity contribution in [2.24, 2.45) is 5.92 Å². The lowest BCUT2D eigenvalue weighted by Gasteiger charge is -2.35. The van der Waals surface area contributed by atoms with Crippen LogP contribution in [0.4, 0.5) is 0 Å². The highest BCUT2D eigenvalue weighted by Gasteiger charge is 2.37. The van der Waals surface area contributed by atoms with Gasteiger partial charge in [0.2, 0.25) is 10.0 Å². The van der Waals surface area contributed by atoms with Crippen molar-refractivity contribution >= 4 is 16.0 Å². The van der Waals surface area contributed by atoms with Crippen LogP contribution in [0.2, 0.25) is 0 Å². The van der Waals surface area contributed by atoms with Crippen LogP contribution in [0.25, 0.3) is 11.1 Å². The summed E-state index contributed by atoms with van der Waals surface area (Å²) in [4.78, 5) is 12.7. The summed E-state index contributed by atoms with van der Waals surface area (Å²) in [5.74, 6) is -0.609. The van der Waals surface area contributed by atoms with E-state index in [1.807, 2.05) is 65.8 Å². The fourth-order valence-electron chi connectivity index (χ4n) is 6.20. The molecule has 1 aliphatic heterocycles. The van der Waals surface area contributed by atoms with Crippen molar-refractivity contribution in [1.29, 1.82) is 0 Å². The molecule has 0 amide bonds. The van der Waals surface area contributed by atoms with Gasteiger partial charge in [-0.25, -0.2) is 13.2 Å². The minimum atomic E-state index is -3.41. The molecular weight excluding hydrogens is 498 g/mol. The first kappa shape index (κ1) is 28.8. The number of aryl methyl sites for hydroxylation is 1. The van der Waals surface area contributed by atoms with Crippen LogP contribution in [-0.2, 0) is 32.5 Å². The predicted molar refractivity (Wildman–Crippen MR) is 152 cm³/mol. The Labute approximate surface area is 228 Å². The molecule has 1 saturated carbocycles. The average molecular weight is 542 g/mol. The summed E-state index contributed by atoms with van der Waals surface area (Å²) in [5, 5.41) is 10.4. The van der Waals surface area contributed by atoms with Crippen LogP contribution in [0.15, 0.2) is 24.3 Å². The van der Waals surface area contributed by atoms with E-state index in [2.05, 4.69) is 0 Å². The minimum Gasteiger partial charge on any atom is -0.479 e. The van der Waals surface area contributed by atoms with Gasteiger partial charge in [0.15, 0.2) is 6.10 Å². The van der Waals surface area contributed by atoms with Crippen LogP contribution in [0.3, 0.4) is 0 Å². The molecule has 0 bridgehead atoms. The third-order valence-electron chi connectivity index (χ3n) is 8.13. The monoisotopic (exact) mass is 541 g/mol. The Balaban J connectivity index is 1.83. The topological polar surface area (TPSA) is 83.9 Å². The molecule has 1 fully saturated rings. The standard InChI is InChI=1S/C31H43NO5S/c1-20-12-14-24(15-13-20)27-21(2)25-16-17-32(38(35,36)19-23-10-8-7-9-11-23)18-26(25)22(3)28(27)29(30(33)34)37-31(4,5)6/h12-15,23,29H,7-11,16-19H2,1-6H3,(H,33,34). The molecule has 1 aliphatic carbocycles. The van der Waals surface area contributed by atoms with Crippen LogP contribution in [0.1, 0.15) is 92.4 Å². The molecule has 0 radical (unpaired) electrons. The van der Waals surface area contributed by atoms with E-state index >= 15 is 0 Å². The fraction of sp³-hybridized carbons (Fsp3) is 0.581. The van der Waals surface area contributed by atoms with E-state index in [0.717, 1.165) is 64.6 Å². The van der Waals surface area contributed by atoms with Gasteiger partial charge in [0.25, 0.3) is 0 Å². The second kappa shape index (κ2) is 11.1. The van der Waals surface area contributed by atoms with E-state index in [1.165, 1.54) is 6.42 Å². The molecule has 0 spiro atoms. The second-order valence-corrected chi connectivity index (χ2v) is 14.2. The van der Waals surface area contributed by atoms with E-state index in [1.54, 1.807) is 4.31 Å². The molecule has 6 nitrogen and oxygen atoms in total.